The van der Waals surface area contributed by atoms with Gasteiger partial charge in [-0.3, -0.25) is 10.1 Å². The van der Waals surface area contributed by atoms with Crippen LogP contribution < -0.4 is 5.32 Å². The predicted molar refractivity (Wildman–Crippen MR) is 77.8 cm³/mol. The van der Waals surface area contributed by atoms with E-state index in [2.05, 4.69) is 5.32 Å². The number of halogens is 1. The summed E-state index contributed by atoms with van der Waals surface area (Å²) in [7, 11) is 0. The summed E-state index contributed by atoms with van der Waals surface area (Å²) >= 11 is 6.04. The minimum atomic E-state index is -0.419. The van der Waals surface area contributed by atoms with E-state index in [1.54, 1.807) is 6.07 Å². The second-order valence-corrected chi connectivity index (χ2v) is 5.76. The summed E-state index contributed by atoms with van der Waals surface area (Å²) in [5.41, 5.74) is 0.788. The first-order valence-electron chi connectivity index (χ1n) is 6.88. The molecule has 0 saturated heterocycles. The van der Waals surface area contributed by atoms with E-state index in [0.717, 1.165) is 37.8 Å². The maximum Gasteiger partial charge on any atom is 0.269 e. The van der Waals surface area contributed by atoms with Crippen LogP contribution in [0.1, 0.15) is 31.2 Å². The number of aliphatic hydroxyl groups excluding tert-OH is 1. The first-order valence-corrected chi connectivity index (χ1v) is 7.25. The molecule has 20 heavy (non-hydrogen) atoms. The van der Waals surface area contributed by atoms with Crippen molar-refractivity contribution in [2.75, 3.05) is 6.54 Å². The van der Waals surface area contributed by atoms with Crippen LogP contribution in [0.4, 0.5) is 5.69 Å². The third-order valence-electron chi connectivity index (χ3n) is 3.74. The molecule has 1 aliphatic rings. The molecule has 1 aromatic rings. The Labute approximate surface area is 123 Å². The molecular formula is C14H19ClN2O3. The van der Waals surface area contributed by atoms with Gasteiger partial charge in [-0.05, 0) is 43.4 Å². The molecule has 2 atom stereocenters. The van der Waals surface area contributed by atoms with E-state index in [-0.39, 0.29) is 11.8 Å². The third kappa shape index (κ3) is 4.16. The molecule has 0 bridgehead atoms. The molecule has 0 aliphatic heterocycles. The SMILES string of the molecule is O=[N+]([O-])c1ccc(Cl)c(CNCC2CCCC(O)C2)c1. The molecule has 5 nitrogen and oxygen atoms in total. The van der Waals surface area contributed by atoms with Crippen LogP contribution in [0.3, 0.4) is 0 Å². The van der Waals surface area contributed by atoms with Gasteiger partial charge in [0.05, 0.1) is 11.0 Å². The van der Waals surface area contributed by atoms with Gasteiger partial charge in [0.2, 0.25) is 0 Å². The molecule has 0 aromatic heterocycles. The molecule has 0 spiro atoms. The van der Waals surface area contributed by atoms with E-state index in [4.69, 9.17) is 11.6 Å². The standard InChI is InChI=1S/C14H19ClN2O3/c15-14-5-4-12(17(19)20)7-11(14)9-16-8-10-2-1-3-13(18)6-10/h4-5,7,10,13,16,18H,1-3,6,8-9H2. The van der Waals surface area contributed by atoms with Crippen molar-refractivity contribution in [1.29, 1.82) is 0 Å². The van der Waals surface area contributed by atoms with Gasteiger partial charge >= 0.3 is 0 Å². The lowest BCUT2D eigenvalue weighted by Crippen LogP contribution is -2.29. The van der Waals surface area contributed by atoms with Gasteiger partial charge < -0.3 is 10.4 Å². The summed E-state index contributed by atoms with van der Waals surface area (Å²) in [5, 5.41) is 24.2. The molecule has 1 saturated carbocycles. The Morgan fingerprint density at radius 1 is 1.45 bits per heavy atom. The van der Waals surface area contributed by atoms with Crippen LogP contribution in [0.5, 0.6) is 0 Å². The average Bonchev–Trinajstić information content (AvgIpc) is 2.40. The second-order valence-electron chi connectivity index (χ2n) is 5.35. The summed E-state index contributed by atoms with van der Waals surface area (Å²) in [6.07, 6.45) is 3.72. The Bertz CT molecular complexity index is 481. The number of aliphatic hydroxyl groups is 1. The Morgan fingerprint density at radius 2 is 2.25 bits per heavy atom. The first-order chi connectivity index (χ1) is 9.56. The highest BCUT2D eigenvalue weighted by atomic mass is 35.5. The normalized spacial score (nSPS) is 22.7. The minimum absolute atomic E-state index is 0.0549. The smallest absolute Gasteiger partial charge is 0.269 e. The van der Waals surface area contributed by atoms with Crippen molar-refractivity contribution in [2.24, 2.45) is 5.92 Å². The Balaban J connectivity index is 1.87. The molecule has 2 rings (SSSR count). The Kier molecular flexibility index (Phi) is 5.34. The largest absolute Gasteiger partial charge is 0.393 e. The number of hydrogen-bond acceptors (Lipinski definition) is 4. The molecule has 2 unspecified atom stereocenters. The van der Waals surface area contributed by atoms with E-state index in [0.29, 0.717) is 17.5 Å². The van der Waals surface area contributed by atoms with Gasteiger partial charge in [0.25, 0.3) is 5.69 Å². The number of nitrogens with zero attached hydrogens (tertiary/aromatic N) is 1. The molecule has 110 valence electrons. The maximum absolute atomic E-state index is 10.7. The fraction of sp³-hybridized carbons (Fsp3) is 0.571. The van der Waals surface area contributed by atoms with Gasteiger partial charge in [-0.2, -0.15) is 0 Å². The van der Waals surface area contributed by atoms with Gasteiger partial charge in [0.15, 0.2) is 0 Å². The molecule has 1 fully saturated rings. The molecule has 6 heteroatoms. The van der Waals surface area contributed by atoms with Crippen LogP contribution in [0, 0.1) is 16.0 Å². The number of nitro benzene ring substituents is 1. The Hall–Kier alpha value is -1.17. The minimum Gasteiger partial charge on any atom is -0.393 e. The summed E-state index contributed by atoms with van der Waals surface area (Å²) in [5.74, 6) is 0.469. The Morgan fingerprint density at radius 3 is 2.95 bits per heavy atom. The van der Waals surface area contributed by atoms with Crippen molar-refractivity contribution >= 4 is 17.3 Å². The summed E-state index contributed by atoms with van der Waals surface area (Å²) in [6.45, 7) is 1.31. The zero-order valence-electron chi connectivity index (χ0n) is 11.2. The van der Waals surface area contributed by atoms with E-state index in [1.807, 2.05) is 0 Å². The van der Waals surface area contributed by atoms with Crippen molar-refractivity contribution < 1.29 is 10.0 Å². The molecule has 0 heterocycles. The van der Waals surface area contributed by atoms with Crippen molar-refractivity contribution in [3.8, 4) is 0 Å². The fourth-order valence-corrected chi connectivity index (χ4v) is 2.85. The molecule has 1 aliphatic carbocycles. The van der Waals surface area contributed by atoms with E-state index in [1.165, 1.54) is 12.1 Å². The van der Waals surface area contributed by atoms with Crippen LogP contribution >= 0.6 is 11.6 Å². The second kappa shape index (κ2) is 7.02. The number of rotatable bonds is 5. The van der Waals surface area contributed by atoms with Crippen molar-refractivity contribution in [2.45, 2.75) is 38.3 Å². The molecule has 2 N–H and O–H groups in total. The van der Waals surface area contributed by atoms with Gasteiger partial charge in [-0.1, -0.05) is 18.0 Å². The van der Waals surface area contributed by atoms with E-state index in [9.17, 15) is 15.2 Å². The van der Waals surface area contributed by atoms with E-state index < -0.39 is 4.92 Å². The molecular weight excluding hydrogens is 280 g/mol. The van der Waals surface area contributed by atoms with Crippen molar-refractivity contribution in [3.63, 3.8) is 0 Å². The summed E-state index contributed by atoms with van der Waals surface area (Å²) in [4.78, 5) is 10.3. The van der Waals surface area contributed by atoms with Gasteiger partial charge in [-0.15, -0.1) is 0 Å². The predicted octanol–water partition coefficient (Wildman–Crippen LogP) is 2.89. The van der Waals surface area contributed by atoms with Gasteiger partial charge in [0, 0.05) is 23.7 Å². The van der Waals surface area contributed by atoms with Crippen LogP contribution in [0.2, 0.25) is 5.02 Å². The van der Waals surface area contributed by atoms with Gasteiger partial charge in [0.1, 0.15) is 0 Å². The zero-order chi connectivity index (χ0) is 14.5. The van der Waals surface area contributed by atoms with Crippen molar-refractivity contribution in [1.82, 2.24) is 5.32 Å². The summed E-state index contributed by atoms with van der Waals surface area (Å²) in [6, 6.07) is 4.47. The number of nitrogens with one attached hydrogen (secondary N) is 1. The van der Waals surface area contributed by atoms with Crippen LogP contribution in [0.25, 0.3) is 0 Å². The quantitative estimate of drug-likeness (QED) is 0.647. The third-order valence-corrected chi connectivity index (χ3v) is 4.11. The fourth-order valence-electron chi connectivity index (χ4n) is 2.67. The summed E-state index contributed by atoms with van der Waals surface area (Å²) < 4.78 is 0. The lowest BCUT2D eigenvalue weighted by Gasteiger charge is -2.26. The van der Waals surface area contributed by atoms with Crippen LogP contribution in [0.15, 0.2) is 18.2 Å². The highest BCUT2D eigenvalue weighted by Gasteiger charge is 2.19. The number of nitro groups is 1. The number of benzene rings is 1. The highest BCUT2D eigenvalue weighted by Crippen LogP contribution is 2.24. The molecule has 0 amide bonds. The monoisotopic (exact) mass is 298 g/mol. The average molecular weight is 299 g/mol. The van der Waals surface area contributed by atoms with E-state index >= 15 is 0 Å². The molecule has 1 aromatic carbocycles. The topological polar surface area (TPSA) is 75.4 Å². The lowest BCUT2D eigenvalue weighted by atomic mass is 9.87. The van der Waals surface area contributed by atoms with Crippen LogP contribution in [-0.2, 0) is 6.54 Å². The highest BCUT2D eigenvalue weighted by molar-refractivity contribution is 6.31. The van der Waals surface area contributed by atoms with Crippen LogP contribution in [-0.4, -0.2) is 22.7 Å². The lowest BCUT2D eigenvalue weighted by molar-refractivity contribution is -0.384. The van der Waals surface area contributed by atoms with Gasteiger partial charge in [-0.25, -0.2) is 0 Å². The van der Waals surface area contributed by atoms with Crippen molar-refractivity contribution in [3.05, 3.63) is 38.9 Å². The maximum atomic E-state index is 10.7. The zero-order valence-corrected chi connectivity index (χ0v) is 12.0. The number of hydrogen-bond donors (Lipinski definition) is 2. The first kappa shape index (κ1) is 15.2. The number of non-ortho nitro benzene ring substituents is 1. The molecule has 0 radical (unpaired) electrons.